The number of allylic oxidation sites excluding steroid dienone is 1. The molecule has 4 aliphatic carbocycles. The maximum Gasteiger partial charge on any atom is 0.139 e. The zero-order chi connectivity index (χ0) is 19.8. The molecule has 0 heterocycles. The Morgan fingerprint density at radius 2 is 1.89 bits per heavy atom. The molecule has 0 aromatic carbocycles. The molecule has 1 N–H and O–H groups in total. The van der Waals surface area contributed by atoms with E-state index in [-0.39, 0.29) is 5.41 Å². The van der Waals surface area contributed by atoms with E-state index >= 15 is 0 Å². The van der Waals surface area contributed by atoms with Crippen LogP contribution in [0.2, 0.25) is 0 Å². The quantitative estimate of drug-likeness (QED) is 0.476. The smallest absolute Gasteiger partial charge is 0.139 e. The summed E-state index contributed by atoms with van der Waals surface area (Å²) in [6, 6.07) is 0. The highest BCUT2D eigenvalue weighted by Gasteiger charge is 2.58. The van der Waals surface area contributed by atoms with E-state index in [0.29, 0.717) is 23.2 Å². The van der Waals surface area contributed by atoms with E-state index < -0.39 is 0 Å². The van der Waals surface area contributed by atoms with Crippen molar-refractivity contribution < 1.29 is 9.53 Å². The molecule has 0 aromatic heterocycles. The maximum absolute atomic E-state index is 12.6. The molecule has 3 saturated carbocycles. The lowest BCUT2D eigenvalue weighted by atomic mass is 9.48. The molecule has 3 nitrogen and oxygen atoms in total. The van der Waals surface area contributed by atoms with Gasteiger partial charge < -0.3 is 10.1 Å². The minimum Gasteiger partial charge on any atom is -0.377 e. The highest BCUT2D eigenvalue weighted by atomic mass is 16.5. The van der Waals surface area contributed by atoms with Crippen LogP contribution in [0, 0.1) is 28.6 Å². The fourth-order valence-electron chi connectivity index (χ4n) is 7.27. The van der Waals surface area contributed by atoms with Crippen molar-refractivity contribution in [3.05, 3.63) is 11.6 Å². The van der Waals surface area contributed by atoms with Gasteiger partial charge in [0.05, 0.1) is 12.7 Å². The minimum absolute atomic E-state index is 0.00599. The van der Waals surface area contributed by atoms with E-state index in [2.05, 4.69) is 32.2 Å². The van der Waals surface area contributed by atoms with Crippen molar-refractivity contribution in [2.75, 3.05) is 19.7 Å². The highest BCUT2D eigenvalue weighted by molar-refractivity contribution is 5.87. The topological polar surface area (TPSA) is 38.3 Å². The summed E-state index contributed by atoms with van der Waals surface area (Å²) >= 11 is 0. The fourth-order valence-corrected chi connectivity index (χ4v) is 7.27. The van der Waals surface area contributed by atoms with Crippen LogP contribution in [0.5, 0.6) is 0 Å². The van der Waals surface area contributed by atoms with Gasteiger partial charge in [0, 0.05) is 18.4 Å². The fraction of sp³-hybridized carbons (Fsp3) is 0.880. The predicted octanol–water partition coefficient (Wildman–Crippen LogP) is 5.29. The number of hydrogen-bond donors (Lipinski definition) is 1. The molecule has 0 spiro atoms. The van der Waals surface area contributed by atoms with Crippen LogP contribution in [0.1, 0.15) is 85.0 Å². The van der Waals surface area contributed by atoms with Crippen molar-refractivity contribution in [1.29, 1.82) is 0 Å². The molecule has 0 aromatic rings. The average molecular weight is 388 g/mol. The van der Waals surface area contributed by atoms with Gasteiger partial charge in [0.15, 0.2) is 0 Å². The monoisotopic (exact) mass is 387 g/mol. The van der Waals surface area contributed by atoms with Gasteiger partial charge in [0.1, 0.15) is 5.78 Å². The molecular weight excluding hydrogens is 346 g/mol. The first-order valence-electron chi connectivity index (χ1n) is 12.0. The molecule has 3 heteroatoms. The molecule has 0 saturated heterocycles. The Bertz CT molecular complexity index is 614. The third-order valence-electron chi connectivity index (χ3n) is 9.11. The average Bonchev–Trinajstić information content (AvgIpc) is 2.99. The van der Waals surface area contributed by atoms with Crippen LogP contribution in [0.25, 0.3) is 0 Å². The van der Waals surface area contributed by atoms with Crippen molar-refractivity contribution in [2.24, 2.45) is 28.6 Å². The van der Waals surface area contributed by atoms with Gasteiger partial charge in [-0.15, -0.1) is 0 Å². The van der Waals surface area contributed by atoms with Gasteiger partial charge in [-0.1, -0.05) is 38.8 Å². The molecule has 0 bridgehead atoms. The van der Waals surface area contributed by atoms with Gasteiger partial charge in [-0.3, -0.25) is 4.79 Å². The van der Waals surface area contributed by atoms with Gasteiger partial charge in [-0.25, -0.2) is 0 Å². The number of ether oxygens (including phenoxy) is 1. The number of unbranched alkanes of at least 4 members (excludes halogenated alkanes) is 1. The molecule has 28 heavy (non-hydrogen) atoms. The highest BCUT2D eigenvalue weighted by Crippen LogP contribution is 2.64. The summed E-state index contributed by atoms with van der Waals surface area (Å²) in [5.74, 6) is 2.71. The molecule has 0 radical (unpaired) electrons. The zero-order valence-corrected chi connectivity index (χ0v) is 18.4. The number of carbonyl (C=O) groups excluding carboxylic acids is 1. The molecule has 3 fully saturated rings. The lowest BCUT2D eigenvalue weighted by Crippen LogP contribution is -2.50. The van der Waals surface area contributed by atoms with Gasteiger partial charge >= 0.3 is 0 Å². The normalized spacial score (nSPS) is 42.5. The van der Waals surface area contributed by atoms with Crippen molar-refractivity contribution in [3.8, 4) is 0 Å². The summed E-state index contributed by atoms with van der Waals surface area (Å²) in [7, 11) is 0. The van der Waals surface area contributed by atoms with Crippen LogP contribution in [0.4, 0.5) is 0 Å². The Hall–Kier alpha value is -0.670. The summed E-state index contributed by atoms with van der Waals surface area (Å²) < 4.78 is 6.24. The molecule has 4 unspecified atom stereocenters. The number of fused-ring (bicyclic) bond motifs is 5. The molecule has 4 rings (SSSR count). The molecule has 4 aliphatic rings. The summed E-state index contributed by atoms with van der Waals surface area (Å²) in [4.78, 5) is 12.6. The summed E-state index contributed by atoms with van der Waals surface area (Å²) in [5, 5.41) is 3.49. The van der Waals surface area contributed by atoms with Crippen LogP contribution in [-0.2, 0) is 9.53 Å². The Morgan fingerprint density at radius 1 is 1.11 bits per heavy atom. The Labute approximate surface area is 172 Å². The number of carbonyl (C=O) groups is 1. The maximum atomic E-state index is 12.6. The molecular formula is C25H41NO2. The first-order chi connectivity index (χ1) is 13.5. The number of ketones is 1. The molecule has 0 amide bonds. The molecule has 6 atom stereocenters. The Morgan fingerprint density at radius 3 is 2.71 bits per heavy atom. The predicted molar refractivity (Wildman–Crippen MR) is 114 cm³/mol. The van der Waals surface area contributed by atoms with Crippen molar-refractivity contribution in [1.82, 2.24) is 5.32 Å². The Kier molecular flexibility index (Phi) is 6.05. The van der Waals surface area contributed by atoms with E-state index in [4.69, 9.17) is 4.74 Å². The third-order valence-corrected chi connectivity index (χ3v) is 9.11. The van der Waals surface area contributed by atoms with Crippen LogP contribution < -0.4 is 5.32 Å². The second-order valence-corrected chi connectivity index (χ2v) is 10.5. The standard InChI is InChI=1S/C25H41NO2/c1-4-5-14-26-15-16-28-19-10-12-24(2)18(17-19)6-7-20-21-8-9-23(27)25(21,3)13-11-22(20)24/h6,19-22,26H,4-5,7-17H2,1-3H3/t19?,20?,21?,22?,24-,25-/m0/s1. The van der Waals surface area contributed by atoms with Crippen molar-refractivity contribution in [3.63, 3.8) is 0 Å². The second-order valence-electron chi connectivity index (χ2n) is 10.5. The van der Waals surface area contributed by atoms with Gasteiger partial charge in [-0.05, 0) is 81.1 Å². The number of hydrogen-bond acceptors (Lipinski definition) is 3. The summed E-state index contributed by atoms with van der Waals surface area (Å²) in [5.41, 5.74) is 2.03. The van der Waals surface area contributed by atoms with Crippen LogP contribution in [0.3, 0.4) is 0 Å². The zero-order valence-electron chi connectivity index (χ0n) is 18.4. The third kappa shape index (κ3) is 3.51. The van der Waals surface area contributed by atoms with E-state index in [1.807, 2.05) is 0 Å². The summed E-state index contributed by atoms with van der Waals surface area (Å²) in [6.45, 7) is 9.98. The van der Waals surface area contributed by atoms with Crippen LogP contribution in [-0.4, -0.2) is 31.6 Å². The minimum atomic E-state index is -0.00599. The number of rotatable bonds is 7. The second kappa shape index (κ2) is 8.22. The number of nitrogens with one attached hydrogen (secondary N) is 1. The molecule has 0 aliphatic heterocycles. The Balaban J connectivity index is 1.36. The number of Topliss-reactive ketones (excluding diaryl/α,β-unsaturated/α-hetero) is 1. The van der Waals surface area contributed by atoms with E-state index in [0.717, 1.165) is 57.2 Å². The lowest BCUT2D eigenvalue weighted by Gasteiger charge is -2.57. The molecule has 158 valence electrons. The van der Waals surface area contributed by atoms with Crippen LogP contribution >= 0.6 is 0 Å². The van der Waals surface area contributed by atoms with Gasteiger partial charge in [0.25, 0.3) is 0 Å². The first kappa shape index (κ1) is 20.6. The van der Waals surface area contributed by atoms with Crippen LogP contribution in [0.15, 0.2) is 11.6 Å². The SMILES string of the molecule is CCCCNCCOC1CC[C@@]2(C)C(=CCC3C2CC[C@]2(C)C(=O)CCC32)C1. The summed E-state index contributed by atoms with van der Waals surface area (Å²) in [6.07, 6.45) is 14.7. The van der Waals surface area contributed by atoms with Crippen molar-refractivity contribution >= 4 is 5.78 Å². The lowest BCUT2D eigenvalue weighted by molar-refractivity contribution is -0.132. The van der Waals surface area contributed by atoms with Crippen molar-refractivity contribution in [2.45, 2.75) is 91.1 Å². The van der Waals surface area contributed by atoms with E-state index in [1.54, 1.807) is 5.57 Å². The largest absolute Gasteiger partial charge is 0.377 e. The van der Waals surface area contributed by atoms with Gasteiger partial charge in [-0.2, -0.15) is 0 Å². The van der Waals surface area contributed by atoms with E-state index in [1.165, 1.54) is 38.5 Å². The van der Waals surface area contributed by atoms with Gasteiger partial charge in [0.2, 0.25) is 0 Å². The first-order valence-corrected chi connectivity index (χ1v) is 12.0. The van der Waals surface area contributed by atoms with E-state index in [9.17, 15) is 4.79 Å².